The largest absolute Gasteiger partial charge is 0.465 e. The minimum absolute atomic E-state index is 0.0176. The van der Waals surface area contributed by atoms with E-state index in [0.29, 0.717) is 5.71 Å². The molecule has 0 aliphatic carbocycles. The van der Waals surface area contributed by atoms with Gasteiger partial charge in [0.1, 0.15) is 5.69 Å². The summed E-state index contributed by atoms with van der Waals surface area (Å²) in [4.78, 5) is 31.7. The number of hydrogen-bond acceptors (Lipinski definition) is 8. The van der Waals surface area contributed by atoms with Crippen LogP contribution in [0.4, 0.5) is 17.1 Å². The fourth-order valence-electron chi connectivity index (χ4n) is 1.56. The lowest BCUT2D eigenvalue weighted by Crippen LogP contribution is -2.22. The Labute approximate surface area is 131 Å². The molecule has 1 rings (SSSR count). The molecule has 0 unspecified atom stereocenters. The van der Waals surface area contributed by atoms with Crippen LogP contribution in [0.3, 0.4) is 0 Å². The lowest BCUT2D eigenvalue weighted by atomic mass is 10.1. The number of benzene rings is 1. The molecule has 0 spiro atoms. The van der Waals surface area contributed by atoms with Crippen molar-refractivity contribution in [2.75, 3.05) is 12.0 Å². The highest BCUT2D eigenvalue weighted by molar-refractivity contribution is 6.00. The van der Waals surface area contributed by atoms with Crippen molar-refractivity contribution in [2.24, 2.45) is 11.0 Å². The zero-order valence-electron chi connectivity index (χ0n) is 12.8. The van der Waals surface area contributed by atoms with Crippen molar-refractivity contribution in [3.63, 3.8) is 0 Å². The van der Waals surface area contributed by atoms with Crippen molar-refractivity contribution in [3.05, 3.63) is 38.4 Å². The summed E-state index contributed by atoms with van der Waals surface area (Å²) in [6.45, 7) is 5.06. The first-order valence-electron chi connectivity index (χ1n) is 6.67. The molecule has 0 heterocycles. The van der Waals surface area contributed by atoms with Gasteiger partial charge >= 0.3 is 11.7 Å². The molecule has 0 bridgehead atoms. The van der Waals surface area contributed by atoms with E-state index in [4.69, 9.17) is 4.74 Å². The Hall–Kier alpha value is -3.04. The summed E-state index contributed by atoms with van der Waals surface area (Å²) < 4.78 is 4.85. The molecule has 0 aromatic heterocycles. The highest BCUT2D eigenvalue weighted by Crippen LogP contribution is 2.29. The summed E-state index contributed by atoms with van der Waals surface area (Å²) in [5, 5.41) is 25.6. The van der Waals surface area contributed by atoms with Crippen LogP contribution in [0.25, 0.3) is 0 Å². The van der Waals surface area contributed by atoms with Gasteiger partial charge in [-0.05, 0) is 26.8 Å². The van der Waals surface area contributed by atoms with Gasteiger partial charge < -0.3 is 4.74 Å². The van der Waals surface area contributed by atoms with E-state index in [1.54, 1.807) is 20.8 Å². The molecule has 1 aromatic carbocycles. The number of hydrogen-bond donors (Lipinski definition) is 1. The van der Waals surface area contributed by atoms with Crippen LogP contribution in [0.5, 0.6) is 0 Å². The van der Waals surface area contributed by atoms with E-state index >= 15 is 0 Å². The van der Waals surface area contributed by atoms with Crippen molar-refractivity contribution >= 4 is 28.7 Å². The van der Waals surface area contributed by atoms with Crippen molar-refractivity contribution in [2.45, 2.75) is 20.8 Å². The molecular formula is C13H16N4O6. The summed E-state index contributed by atoms with van der Waals surface area (Å²) in [7, 11) is 0. The Morgan fingerprint density at radius 1 is 1.35 bits per heavy atom. The number of non-ortho nitro benzene ring substituents is 1. The summed E-state index contributed by atoms with van der Waals surface area (Å²) in [6, 6.07) is 3.14. The molecule has 1 N–H and O–H groups in total. The zero-order valence-corrected chi connectivity index (χ0v) is 12.8. The first-order valence-corrected chi connectivity index (χ1v) is 6.67. The number of nitrogens with zero attached hydrogens (tertiary/aromatic N) is 3. The Balaban J connectivity index is 3.00. The minimum Gasteiger partial charge on any atom is -0.465 e. The summed E-state index contributed by atoms with van der Waals surface area (Å²) in [5.74, 6) is -1.09. The highest BCUT2D eigenvalue weighted by Gasteiger charge is 2.20. The Morgan fingerprint density at radius 2 is 2.00 bits per heavy atom. The maximum atomic E-state index is 11.6. The van der Waals surface area contributed by atoms with Gasteiger partial charge in [-0.3, -0.25) is 30.4 Å². The molecule has 10 heteroatoms. The molecule has 1 atom stereocenters. The number of anilines is 1. The molecule has 0 saturated heterocycles. The van der Waals surface area contributed by atoms with E-state index in [0.717, 1.165) is 12.1 Å². The Bertz CT molecular complexity index is 658. The number of carbonyl (C=O) groups excluding carboxylic acids is 1. The van der Waals surface area contributed by atoms with Gasteiger partial charge in [-0.1, -0.05) is 0 Å². The lowest BCUT2D eigenvalue weighted by Gasteiger charge is -2.10. The number of hydrazone groups is 1. The SMILES string of the molecule is CCOC(=O)[C@H](C)C(C)=NNc1ccc([N+](=O)[O-])cc1[N+](=O)[O-]. The maximum absolute atomic E-state index is 11.6. The predicted octanol–water partition coefficient (Wildman–Crippen LogP) is 2.49. The number of ether oxygens (including phenoxy) is 1. The molecule has 0 radical (unpaired) electrons. The average molecular weight is 324 g/mol. The van der Waals surface area contributed by atoms with Gasteiger partial charge in [0.2, 0.25) is 0 Å². The van der Waals surface area contributed by atoms with Gasteiger partial charge in [0, 0.05) is 11.8 Å². The molecule has 1 aromatic rings. The molecule has 0 aliphatic rings. The molecule has 124 valence electrons. The molecule has 10 nitrogen and oxygen atoms in total. The van der Waals surface area contributed by atoms with Crippen LogP contribution in [0.2, 0.25) is 0 Å². The van der Waals surface area contributed by atoms with Crippen molar-refractivity contribution < 1.29 is 19.4 Å². The lowest BCUT2D eigenvalue weighted by molar-refractivity contribution is -0.393. The van der Waals surface area contributed by atoms with E-state index in [2.05, 4.69) is 10.5 Å². The van der Waals surface area contributed by atoms with Crippen molar-refractivity contribution in [1.29, 1.82) is 0 Å². The van der Waals surface area contributed by atoms with Gasteiger partial charge in [0.15, 0.2) is 0 Å². The second kappa shape index (κ2) is 7.82. The summed E-state index contributed by atoms with van der Waals surface area (Å²) >= 11 is 0. The summed E-state index contributed by atoms with van der Waals surface area (Å²) in [5.41, 5.74) is 1.91. The third-order valence-corrected chi connectivity index (χ3v) is 3.01. The van der Waals surface area contributed by atoms with Crippen LogP contribution in [-0.4, -0.2) is 28.1 Å². The number of rotatable bonds is 7. The normalized spacial score (nSPS) is 12.4. The Kier molecular flexibility index (Phi) is 6.13. The number of esters is 1. The number of carbonyl (C=O) groups is 1. The smallest absolute Gasteiger partial charge is 0.314 e. The van der Waals surface area contributed by atoms with Gasteiger partial charge in [0.25, 0.3) is 5.69 Å². The fourth-order valence-corrected chi connectivity index (χ4v) is 1.56. The third kappa shape index (κ3) is 4.73. The zero-order chi connectivity index (χ0) is 17.6. The van der Waals surface area contributed by atoms with E-state index in [1.807, 2.05) is 0 Å². The highest BCUT2D eigenvalue weighted by atomic mass is 16.6. The number of nitrogens with one attached hydrogen (secondary N) is 1. The van der Waals surface area contributed by atoms with Crippen LogP contribution in [0.15, 0.2) is 23.3 Å². The first-order chi connectivity index (χ1) is 10.8. The second-order valence-corrected chi connectivity index (χ2v) is 4.55. The van der Waals surface area contributed by atoms with Gasteiger partial charge in [-0.2, -0.15) is 5.10 Å². The minimum atomic E-state index is -0.755. The van der Waals surface area contributed by atoms with Crippen molar-refractivity contribution in [1.82, 2.24) is 0 Å². The van der Waals surface area contributed by atoms with Crippen molar-refractivity contribution in [3.8, 4) is 0 Å². The quantitative estimate of drug-likeness (QED) is 0.352. The predicted molar refractivity (Wildman–Crippen MR) is 82.3 cm³/mol. The number of nitro groups is 2. The maximum Gasteiger partial charge on any atom is 0.314 e. The standard InChI is InChI=1S/C13H16N4O6/c1-4-23-13(18)8(2)9(3)14-15-11-6-5-10(16(19)20)7-12(11)17(21)22/h5-8,15H,4H2,1-3H3/t8-/m1/s1. The molecule has 0 aliphatic heterocycles. The van der Waals surface area contributed by atoms with Gasteiger partial charge in [-0.25, -0.2) is 0 Å². The Morgan fingerprint density at radius 3 is 2.52 bits per heavy atom. The number of nitro benzene ring substituents is 2. The molecule has 0 saturated carbocycles. The monoisotopic (exact) mass is 324 g/mol. The van der Waals surface area contributed by atoms with Gasteiger partial charge in [0.05, 0.1) is 28.4 Å². The average Bonchev–Trinajstić information content (AvgIpc) is 2.51. The van der Waals surface area contributed by atoms with E-state index in [-0.39, 0.29) is 12.3 Å². The first kappa shape index (κ1) is 18.0. The molecular weight excluding hydrogens is 308 g/mol. The topological polar surface area (TPSA) is 137 Å². The van der Waals surface area contributed by atoms with Crippen LogP contribution in [0.1, 0.15) is 20.8 Å². The third-order valence-electron chi connectivity index (χ3n) is 3.01. The van der Waals surface area contributed by atoms with Crippen LogP contribution in [-0.2, 0) is 9.53 Å². The molecule has 0 fully saturated rings. The second-order valence-electron chi connectivity index (χ2n) is 4.55. The molecule has 0 amide bonds. The molecule has 23 heavy (non-hydrogen) atoms. The van der Waals surface area contributed by atoms with Crippen LogP contribution in [0, 0.1) is 26.1 Å². The summed E-state index contributed by atoms with van der Waals surface area (Å²) in [6.07, 6.45) is 0. The van der Waals surface area contributed by atoms with E-state index in [9.17, 15) is 25.0 Å². The van der Waals surface area contributed by atoms with E-state index in [1.165, 1.54) is 6.07 Å². The van der Waals surface area contributed by atoms with E-state index < -0.39 is 33.1 Å². The fraction of sp³-hybridized carbons (Fsp3) is 0.385. The van der Waals surface area contributed by atoms with Crippen LogP contribution < -0.4 is 5.43 Å². The van der Waals surface area contributed by atoms with Gasteiger partial charge in [-0.15, -0.1) is 0 Å². The van der Waals surface area contributed by atoms with Crippen LogP contribution >= 0.6 is 0 Å².